The van der Waals surface area contributed by atoms with E-state index in [1.165, 1.54) is 22.9 Å². The molecule has 1 aromatic heterocycles. The van der Waals surface area contributed by atoms with E-state index in [0.717, 1.165) is 12.8 Å². The first kappa shape index (κ1) is 14.3. The normalized spacial score (nSPS) is 16.9. The molecule has 1 aliphatic rings. The minimum atomic E-state index is -0.926. The number of hydrogen-bond donors (Lipinski definition) is 2. The number of anilines is 1. The van der Waals surface area contributed by atoms with Gasteiger partial charge in [0.15, 0.2) is 0 Å². The maximum absolute atomic E-state index is 12.0. The van der Waals surface area contributed by atoms with Crippen LogP contribution in [-0.2, 0) is 16.6 Å². The number of rotatable bonds is 4. The average molecular weight is 278 g/mol. The Labute approximate surface area is 116 Å². The number of hydrogen-bond acceptors (Lipinski definition) is 3. The van der Waals surface area contributed by atoms with Gasteiger partial charge in [0.25, 0.3) is 0 Å². The van der Waals surface area contributed by atoms with Gasteiger partial charge in [0.1, 0.15) is 0 Å². The number of carbonyl (C=O) groups is 2. The van der Waals surface area contributed by atoms with Crippen molar-refractivity contribution in [3.8, 4) is 0 Å². The Morgan fingerprint density at radius 2 is 2.00 bits per heavy atom. The monoisotopic (exact) mass is 278 g/mol. The first-order valence-electron chi connectivity index (χ1n) is 6.63. The Morgan fingerprint density at radius 1 is 1.35 bits per heavy atom. The Kier molecular flexibility index (Phi) is 3.92. The average Bonchev–Trinajstić information content (AvgIpc) is 2.83. The summed E-state index contributed by atoms with van der Waals surface area (Å²) < 4.78 is 1.36. The second-order valence-electron chi connectivity index (χ2n) is 5.38. The summed E-state index contributed by atoms with van der Waals surface area (Å²) in [5, 5.41) is 12.0. The molecule has 1 heterocycles. The molecular weight excluding hydrogens is 260 g/mol. The van der Waals surface area contributed by atoms with Gasteiger partial charge in [-0.1, -0.05) is 12.8 Å². The smallest absolute Gasteiger partial charge is 0.310 e. The lowest BCUT2D eigenvalue weighted by Gasteiger charge is -2.22. The standard InChI is InChI=1S/C14H18N2O4/c1-16-9-10(4-5-12(16)18)15-11(17)8-14(13(19)20)6-2-3-7-14/h4-5,9H,2-3,6-8H2,1H3,(H,15,17)(H,19,20). The lowest BCUT2D eigenvalue weighted by atomic mass is 9.82. The predicted molar refractivity (Wildman–Crippen MR) is 73.5 cm³/mol. The van der Waals surface area contributed by atoms with Crippen molar-refractivity contribution in [2.75, 3.05) is 5.32 Å². The molecule has 20 heavy (non-hydrogen) atoms. The minimum absolute atomic E-state index is 0.0226. The highest BCUT2D eigenvalue weighted by molar-refractivity contribution is 5.94. The van der Waals surface area contributed by atoms with Gasteiger partial charge < -0.3 is 15.0 Å². The fourth-order valence-corrected chi connectivity index (χ4v) is 2.70. The first-order valence-corrected chi connectivity index (χ1v) is 6.63. The molecule has 1 fully saturated rings. The highest BCUT2D eigenvalue weighted by atomic mass is 16.4. The van der Waals surface area contributed by atoms with Gasteiger partial charge in [0.05, 0.1) is 11.1 Å². The van der Waals surface area contributed by atoms with Crippen LogP contribution in [0.5, 0.6) is 0 Å². The maximum atomic E-state index is 12.0. The summed E-state index contributed by atoms with van der Waals surface area (Å²) >= 11 is 0. The fraction of sp³-hybridized carbons (Fsp3) is 0.500. The molecule has 0 bridgehead atoms. The number of aryl methyl sites for hydroxylation is 1. The van der Waals surface area contributed by atoms with Crippen LogP contribution in [0, 0.1) is 5.41 Å². The molecule has 0 radical (unpaired) electrons. The first-order chi connectivity index (χ1) is 9.43. The molecular formula is C14H18N2O4. The number of carboxylic acids is 1. The summed E-state index contributed by atoms with van der Waals surface area (Å²) in [6.45, 7) is 0. The molecule has 2 N–H and O–H groups in total. The van der Waals surface area contributed by atoms with E-state index in [9.17, 15) is 19.5 Å². The van der Waals surface area contributed by atoms with Crippen LogP contribution in [0.15, 0.2) is 23.1 Å². The van der Waals surface area contributed by atoms with Gasteiger partial charge in [-0.2, -0.15) is 0 Å². The highest BCUT2D eigenvalue weighted by Gasteiger charge is 2.42. The molecule has 6 nitrogen and oxygen atoms in total. The quantitative estimate of drug-likeness (QED) is 0.870. The van der Waals surface area contributed by atoms with Gasteiger partial charge in [-0.3, -0.25) is 14.4 Å². The molecule has 1 saturated carbocycles. The molecule has 1 amide bonds. The third-order valence-electron chi connectivity index (χ3n) is 3.88. The molecule has 1 aromatic rings. The second-order valence-corrected chi connectivity index (χ2v) is 5.38. The highest BCUT2D eigenvalue weighted by Crippen LogP contribution is 2.41. The van der Waals surface area contributed by atoms with E-state index in [-0.39, 0.29) is 17.9 Å². The molecule has 0 saturated heterocycles. The van der Waals surface area contributed by atoms with Crippen LogP contribution >= 0.6 is 0 Å². The third-order valence-corrected chi connectivity index (χ3v) is 3.88. The Balaban J connectivity index is 2.06. The van der Waals surface area contributed by atoms with Gasteiger partial charge in [0.2, 0.25) is 11.5 Å². The number of carboxylic acid groups (broad SMARTS) is 1. The lowest BCUT2D eigenvalue weighted by molar-refractivity contribution is -0.150. The summed E-state index contributed by atoms with van der Waals surface area (Å²) in [4.78, 5) is 34.6. The number of carbonyl (C=O) groups excluding carboxylic acids is 1. The van der Waals surface area contributed by atoms with E-state index < -0.39 is 11.4 Å². The van der Waals surface area contributed by atoms with Crippen molar-refractivity contribution in [2.45, 2.75) is 32.1 Å². The Morgan fingerprint density at radius 3 is 2.55 bits per heavy atom. The number of nitrogens with one attached hydrogen (secondary N) is 1. The van der Waals surface area contributed by atoms with Crippen LogP contribution in [0.1, 0.15) is 32.1 Å². The third kappa shape index (κ3) is 2.89. The zero-order valence-electron chi connectivity index (χ0n) is 11.4. The summed E-state index contributed by atoms with van der Waals surface area (Å²) in [6.07, 6.45) is 4.28. The van der Waals surface area contributed by atoms with Crippen molar-refractivity contribution >= 4 is 17.6 Å². The van der Waals surface area contributed by atoms with Crippen LogP contribution < -0.4 is 10.9 Å². The van der Waals surface area contributed by atoms with Crippen LogP contribution in [0.25, 0.3) is 0 Å². The van der Waals surface area contributed by atoms with Crippen LogP contribution in [-0.4, -0.2) is 21.6 Å². The zero-order chi connectivity index (χ0) is 14.8. The van der Waals surface area contributed by atoms with Crippen molar-refractivity contribution in [2.24, 2.45) is 12.5 Å². The van der Waals surface area contributed by atoms with Gasteiger partial charge in [-0.25, -0.2) is 0 Å². The molecule has 6 heteroatoms. The fourth-order valence-electron chi connectivity index (χ4n) is 2.70. The van der Waals surface area contributed by atoms with E-state index in [0.29, 0.717) is 18.5 Å². The molecule has 0 aromatic carbocycles. The van der Waals surface area contributed by atoms with Crippen molar-refractivity contribution < 1.29 is 14.7 Å². The zero-order valence-corrected chi connectivity index (χ0v) is 11.4. The van der Waals surface area contributed by atoms with E-state index in [1.54, 1.807) is 7.05 Å². The number of aromatic nitrogens is 1. The molecule has 0 aliphatic heterocycles. The van der Waals surface area contributed by atoms with Crippen molar-refractivity contribution in [1.29, 1.82) is 0 Å². The number of nitrogens with zero attached hydrogens (tertiary/aromatic N) is 1. The molecule has 0 unspecified atom stereocenters. The van der Waals surface area contributed by atoms with Gasteiger partial charge in [-0.15, -0.1) is 0 Å². The SMILES string of the molecule is Cn1cc(NC(=O)CC2(C(=O)O)CCCC2)ccc1=O. The van der Waals surface area contributed by atoms with Gasteiger partial charge in [-0.05, 0) is 18.9 Å². The topological polar surface area (TPSA) is 88.4 Å². The molecule has 0 atom stereocenters. The van der Waals surface area contributed by atoms with Crippen molar-refractivity contribution in [3.05, 3.63) is 28.7 Å². The Bertz CT molecular complexity index is 585. The summed E-state index contributed by atoms with van der Waals surface area (Å²) in [7, 11) is 1.59. The van der Waals surface area contributed by atoms with Crippen LogP contribution in [0.4, 0.5) is 5.69 Å². The van der Waals surface area contributed by atoms with E-state index in [4.69, 9.17) is 0 Å². The lowest BCUT2D eigenvalue weighted by Crippen LogP contribution is -2.33. The van der Waals surface area contributed by atoms with Crippen LogP contribution in [0.2, 0.25) is 0 Å². The molecule has 1 aliphatic carbocycles. The summed E-state index contributed by atoms with van der Waals surface area (Å²) in [5.41, 5.74) is -0.596. The number of amides is 1. The predicted octanol–water partition coefficient (Wildman–Crippen LogP) is 1.36. The van der Waals surface area contributed by atoms with Gasteiger partial charge >= 0.3 is 5.97 Å². The van der Waals surface area contributed by atoms with E-state index >= 15 is 0 Å². The maximum Gasteiger partial charge on any atom is 0.310 e. The molecule has 108 valence electrons. The van der Waals surface area contributed by atoms with Crippen molar-refractivity contribution in [3.63, 3.8) is 0 Å². The number of aliphatic carboxylic acids is 1. The van der Waals surface area contributed by atoms with E-state index in [2.05, 4.69) is 5.32 Å². The second kappa shape index (κ2) is 5.48. The Hall–Kier alpha value is -2.11. The molecule has 0 spiro atoms. The summed E-state index contributed by atoms with van der Waals surface area (Å²) in [5.74, 6) is -1.22. The van der Waals surface area contributed by atoms with Crippen molar-refractivity contribution in [1.82, 2.24) is 4.57 Å². The minimum Gasteiger partial charge on any atom is -0.481 e. The van der Waals surface area contributed by atoms with Gasteiger partial charge in [0, 0.05) is 25.7 Å². The largest absolute Gasteiger partial charge is 0.481 e. The number of pyridine rings is 1. The molecule has 2 rings (SSSR count). The van der Waals surface area contributed by atoms with E-state index in [1.807, 2.05) is 0 Å². The van der Waals surface area contributed by atoms with Crippen LogP contribution in [0.3, 0.4) is 0 Å². The summed E-state index contributed by atoms with van der Waals surface area (Å²) in [6, 6.07) is 2.88.